The molecular formula is C14H21N3O5. The van der Waals surface area contributed by atoms with Crippen molar-refractivity contribution >= 4 is 5.69 Å². The van der Waals surface area contributed by atoms with Crippen LogP contribution in [0.15, 0.2) is 12.1 Å². The summed E-state index contributed by atoms with van der Waals surface area (Å²) in [6, 6.07) is 2.81. The third kappa shape index (κ3) is 3.46. The number of nitro groups is 1. The number of aromatic hydroxyl groups is 1. The number of piperazine rings is 1. The van der Waals surface area contributed by atoms with Gasteiger partial charge in [0.1, 0.15) is 0 Å². The molecule has 1 fully saturated rings. The van der Waals surface area contributed by atoms with Crippen molar-refractivity contribution in [2.45, 2.75) is 12.5 Å². The second-order valence-corrected chi connectivity index (χ2v) is 5.16. The van der Waals surface area contributed by atoms with Gasteiger partial charge in [-0.3, -0.25) is 15.0 Å². The number of phenolic OH excluding ortho intramolecular Hbond substituents is 1. The molecular weight excluding hydrogens is 290 g/mol. The number of aliphatic hydroxyl groups excluding tert-OH is 1. The number of methoxy groups -OCH3 is 1. The van der Waals surface area contributed by atoms with Crippen LogP contribution >= 0.6 is 0 Å². The van der Waals surface area contributed by atoms with Gasteiger partial charge < -0.3 is 20.3 Å². The molecule has 1 atom stereocenters. The number of phenols is 1. The lowest BCUT2D eigenvalue weighted by Gasteiger charge is -2.35. The quantitative estimate of drug-likeness (QED) is 0.522. The largest absolute Gasteiger partial charge is 0.500 e. The predicted molar refractivity (Wildman–Crippen MR) is 80.2 cm³/mol. The van der Waals surface area contributed by atoms with Gasteiger partial charge in [-0.15, -0.1) is 0 Å². The maximum atomic E-state index is 11.1. The topological polar surface area (TPSA) is 108 Å². The fourth-order valence-electron chi connectivity index (χ4n) is 2.78. The number of nitrogens with one attached hydrogen (secondary N) is 1. The predicted octanol–water partition coefficient (Wildman–Crippen LogP) is 0.638. The maximum Gasteiger partial charge on any atom is 0.314 e. The molecule has 1 aliphatic heterocycles. The lowest BCUT2D eigenvalue weighted by atomic mass is 10.00. The van der Waals surface area contributed by atoms with Gasteiger partial charge in [0, 0.05) is 44.9 Å². The minimum atomic E-state index is -0.630. The number of ether oxygens (including phenoxy) is 1. The molecule has 0 bridgehead atoms. The molecule has 1 aliphatic rings. The molecule has 0 unspecified atom stereocenters. The van der Waals surface area contributed by atoms with Crippen molar-refractivity contribution in [3.05, 3.63) is 27.8 Å². The molecule has 0 spiro atoms. The third-order valence-electron chi connectivity index (χ3n) is 3.87. The smallest absolute Gasteiger partial charge is 0.314 e. The van der Waals surface area contributed by atoms with Crippen molar-refractivity contribution in [1.82, 2.24) is 10.2 Å². The Balaban J connectivity index is 2.41. The second-order valence-electron chi connectivity index (χ2n) is 5.16. The van der Waals surface area contributed by atoms with Crippen molar-refractivity contribution < 1.29 is 19.9 Å². The lowest BCUT2D eigenvalue weighted by Crippen LogP contribution is -2.45. The molecule has 122 valence electrons. The minimum Gasteiger partial charge on any atom is -0.500 e. The minimum absolute atomic E-state index is 0.0222. The van der Waals surface area contributed by atoms with E-state index >= 15 is 0 Å². The average Bonchev–Trinajstić information content (AvgIpc) is 2.53. The Kier molecular flexibility index (Phi) is 5.53. The summed E-state index contributed by atoms with van der Waals surface area (Å²) in [5, 5.41) is 33.6. The summed E-state index contributed by atoms with van der Waals surface area (Å²) >= 11 is 0. The molecule has 0 aromatic heterocycles. The Morgan fingerprint density at radius 2 is 2.14 bits per heavy atom. The summed E-state index contributed by atoms with van der Waals surface area (Å²) in [5.74, 6) is -0.401. The first-order chi connectivity index (χ1) is 10.6. The number of benzene rings is 1. The summed E-state index contributed by atoms with van der Waals surface area (Å²) in [5.41, 5.74) is 0.282. The van der Waals surface area contributed by atoms with Gasteiger partial charge in [-0.25, -0.2) is 0 Å². The van der Waals surface area contributed by atoms with Crippen LogP contribution in [0, 0.1) is 10.1 Å². The van der Waals surface area contributed by atoms with Crippen LogP contribution in [0.2, 0.25) is 0 Å². The number of nitrogens with zero attached hydrogens (tertiary/aromatic N) is 2. The van der Waals surface area contributed by atoms with Gasteiger partial charge in [-0.1, -0.05) is 0 Å². The highest BCUT2D eigenvalue weighted by Crippen LogP contribution is 2.40. The van der Waals surface area contributed by atoms with Crippen molar-refractivity contribution in [3.8, 4) is 11.5 Å². The van der Waals surface area contributed by atoms with Crippen LogP contribution in [0.25, 0.3) is 0 Å². The van der Waals surface area contributed by atoms with E-state index < -0.39 is 10.7 Å². The normalized spacial score (nSPS) is 17.2. The highest BCUT2D eigenvalue weighted by atomic mass is 16.6. The number of rotatable bonds is 6. The molecule has 1 heterocycles. The van der Waals surface area contributed by atoms with E-state index in [2.05, 4.69) is 10.2 Å². The molecule has 2 rings (SSSR count). The Bertz CT molecular complexity index is 531. The summed E-state index contributed by atoms with van der Waals surface area (Å²) in [4.78, 5) is 12.7. The van der Waals surface area contributed by atoms with Gasteiger partial charge in [0.15, 0.2) is 5.75 Å². The van der Waals surface area contributed by atoms with Crippen LogP contribution in [-0.4, -0.2) is 59.9 Å². The van der Waals surface area contributed by atoms with Crippen LogP contribution in [-0.2, 0) is 0 Å². The van der Waals surface area contributed by atoms with Crippen molar-refractivity contribution in [1.29, 1.82) is 0 Å². The second kappa shape index (κ2) is 7.39. The van der Waals surface area contributed by atoms with E-state index in [1.54, 1.807) is 6.07 Å². The maximum absolute atomic E-state index is 11.1. The monoisotopic (exact) mass is 311 g/mol. The van der Waals surface area contributed by atoms with E-state index in [-0.39, 0.29) is 24.1 Å². The van der Waals surface area contributed by atoms with E-state index in [1.165, 1.54) is 13.2 Å². The highest BCUT2D eigenvalue weighted by Gasteiger charge is 2.27. The van der Waals surface area contributed by atoms with Gasteiger partial charge in [0.2, 0.25) is 5.75 Å². The van der Waals surface area contributed by atoms with Crippen molar-refractivity contribution in [3.63, 3.8) is 0 Å². The number of hydrogen-bond donors (Lipinski definition) is 3. The first-order valence-electron chi connectivity index (χ1n) is 7.19. The molecule has 1 aromatic rings. The zero-order valence-electron chi connectivity index (χ0n) is 12.5. The molecule has 0 amide bonds. The van der Waals surface area contributed by atoms with E-state index in [0.29, 0.717) is 12.0 Å². The molecule has 1 aromatic carbocycles. The Labute approximate surface area is 128 Å². The molecule has 0 saturated carbocycles. The summed E-state index contributed by atoms with van der Waals surface area (Å²) in [7, 11) is 1.36. The summed E-state index contributed by atoms with van der Waals surface area (Å²) < 4.78 is 5.04. The Morgan fingerprint density at radius 1 is 1.45 bits per heavy atom. The van der Waals surface area contributed by atoms with E-state index in [1.807, 2.05) is 0 Å². The summed E-state index contributed by atoms with van der Waals surface area (Å²) in [6.45, 7) is 3.23. The number of hydrogen-bond acceptors (Lipinski definition) is 7. The van der Waals surface area contributed by atoms with E-state index in [4.69, 9.17) is 4.74 Å². The van der Waals surface area contributed by atoms with Crippen LogP contribution in [0.5, 0.6) is 11.5 Å². The van der Waals surface area contributed by atoms with Gasteiger partial charge in [-0.2, -0.15) is 0 Å². The fraction of sp³-hybridized carbons (Fsp3) is 0.571. The molecule has 1 saturated heterocycles. The number of nitro benzene ring substituents is 1. The van der Waals surface area contributed by atoms with Crippen LogP contribution < -0.4 is 10.1 Å². The lowest BCUT2D eigenvalue weighted by molar-refractivity contribution is -0.386. The standard InChI is InChI=1S/C14H21N3O5/c1-22-13-9-10(8-12(14(13)19)17(20)21)11(2-7-18)16-5-3-15-4-6-16/h8-9,11,15,18-19H,2-7H2,1H3/t11-/m1/s1. The first-order valence-corrected chi connectivity index (χ1v) is 7.19. The molecule has 22 heavy (non-hydrogen) atoms. The van der Waals surface area contributed by atoms with Gasteiger partial charge >= 0.3 is 5.69 Å². The average molecular weight is 311 g/mol. The molecule has 3 N–H and O–H groups in total. The van der Waals surface area contributed by atoms with Crippen LogP contribution in [0.1, 0.15) is 18.0 Å². The van der Waals surface area contributed by atoms with E-state index in [9.17, 15) is 20.3 Å². The number of aliphatic hydroxyl groups is 1. The first kappa shape index (κ1) is 16.5. The highest BCUT2D eigenvalue weighted by molar-refractivity contribution is 5.57. The zero-order valence-corrected chi connectivity index (χ0v) is 12.5. The molecule has 0 radical (unpaired) electrons. The molecule has 8 heteroatoms. The van der Waals surface area contributed by atoms with Crippen molar-refractivity contribution in [2.24, 2.45) is 0 Å². The fourth-order valence-corrected chi connectivity index (χ4v) is 2.78. The molecule has 0 aliphatic carbocycles. The molecule has 8 nitrogen and oxygen atoms in total. The summed E-state index contributed by atoms with van der Waals surface area (Å²) in [6.07, 6.45) is 0.463. The van der Waals surface area contributed by atoms with Gasteiger partial charge in [0.25, 0.3) is 0 Å². The van der Waals surface area contributed by atoms with Gasteiger partial charge in [0.05, 0.1) is 12.0 Å². The van der Waals surface area contributed by atoms with Crippen LogP contribution in [0.3, 0.4) is 0 Å². The third-order valence-corrected chi connectivity index (χ3v) is 3.87. The van der Waals surface area contributed by atoms with Crippen LogP contribution in [0.4, 0.5) is 5.69 Å². The zero-order chi connectivity index (χ0) is 16.1. The van der Waals surface area contributed by atoms with Gasteiger partial charge in [-0.05, 0) is 18.1 Å². The Hall–Kier alpha value is -1.90. The SMILES string of the molecule is COc1cc([C@@H](CCO)N2CCNCC2)cc([N+](=O)[O-])c1O. The Morgan fingerprint density at radius 3 is 2.68 bits per heavy atom. The van der Waals surface area contributed by atoms with E-state index in [0.717, 1.165) is 26.2 Å². The van der Waals surface area contributed by atoms with Crippen molar-refractivity contribution in [2.75, 3.05) is 39.9 Å².